The standard InChI is InChI=1S/C23H25BO3/c1-6-14-7-8-16(15-9-11-17(24)12-10-15)13-18(14)19-20(25)22(2,3)27-23(4,5)21(19)26/h7-13,25H,6H2,1-5H3. The van der Waals surface area contributed by atoms with Crippen LogP contribution < -0.4 is 5.46 Å². The minimum atomic E-state index is -1.01. The fraction of sp³-hybridized carbons (Fsp3) is 0.348. The average Bonchev–Trinajstić information content (AvgIpc) is 2.60. The highest BCUT2D eigenvalue weighted by atomic mass is 16.5. The van der Waals surface area contributed by atoms with Gasteiger partial charge in [-0.2, -0.15) is 0 Å². The maximum Gasteiger partial charge on any atom is 0.198 e. The Hall–Kier alpha value is -2.33. The lowest BCUT2D eigenvalue weighted by Crippen LogP contribution is -2.49. The smallest absolute Gasteiger partial charge is 0.198 e. The van der Waals surface area contributed by atoms with E-state index in [1.165, 1.54) is 0 Å². The van der Waals surface area contributed by atoms with Crippen LogP contribution in [0.25, 0.3) is 16.7 Å². The lowest BCUT2D eigenvalue weighted by Gasteiger charge is -2.40. The van der Waals surface area contributed by atoms with Crippen molar-refractivity contribution in [2.75, 3.05) is 0 Å². The first-order valence-corrected chi connectivity index (χ1v) is 9.24. The number of ketones is 1. The van der Waals surface area contributed by atoms with Gasteiger partial charge in [0.2, 0.25) is 0 Å². The van der Waals surface area contributed by atoms with E-state index in [0.717, 1.165) is 28.7 Å². The summed E-state index contributed by atoms with van der Waals surface area (Å²) in [5.41, 5.74) is 2.86. The van der Waals surface area contributed by atoms with Crippen molar-refractivity contribution < 1.29 is 14.6 Å². The van der Waals surface area contributed by atoms with Gasteiger partial charge in [-0.1, -0.05) is 48.8 Å². The predicted octanol–water partition coefficient (Wildman–Crippen LogP) is 4.14. The van der Waals surface area contributed by atoms with Crippen LogP contribution in [-0.2, 0) is 16.0 Å². The molecule has 2 radical (unpaired) electrons. The minimum Gasteiger partial charge on any atom is -0.508 e. The van der Waals surface area contributed by atoms with Crippen molar-refractivity contribution in [3.8, 4) is 11.1 Å². The molecule has 0 amide bonds. The molecule has 0 spiro atoms. The molecule has 0 saturated heterocycles. The fourth-order valence-electron chi connectivity index (χ4n) is 3.66. The molecule has 0 unspecified atom stereocenters. The molecule has 3 rings (SSSR count). The van der Waals surface area contributed by atoms with E-state index in [2.05, 4.69) is 0 Å². The van der Waals surface area contributed by atoms with Crippen LogP contribution in [-0.4, -0.2) is 29.9 Å². The summed E-state index contributed by atoms with van der Waals surface area (Å²) in [4.78, 5) is 13.1. The second-order valence-electron chi connectivity index (χ2n) is 8.02. The van der Waals surface area contributed by atoms with Crippen molar-refractivity contribution in [2.45, 2.75) is 52.2 Å². The summed E-state index contributed by atoms with van der Waals surface area (Å²) in [6.45, 7) is 9.11. The van der Waals surface area contributed by atoms with Crippen LogP contribution in [0.1, 0.15) is 45.7 Å². The average molecular weight is 360 g/mol. The van der Waals surface area contributed by atoms with Crippen molar-refractivity contribution in [2.24, 2.45) is 0 Å². The van der Waals surface area contributed by atoms with Crippen molar-refractivity contribution in [1.29, 1.82) is 0 Å². The summed E-state index contributed by atoms with van der Waals surface area (Å²) >= 11 is 0. The molecule has 1 heterocycles. The summed E-state index contributed by atoms with van der Waals surface area (Å²) in [5.74, 6) is -0.223. The molecule has 1 aliphatic heterocycles. The van der Waals surface area contributed by atoms with E-state index in [4.69, 9.17) is 12.6 Å². The Morgan fingerprint density at radius 2 is 1.56 bits per heavy atom. The summed E-state index contributed by atoms with van der Waals surface area (Å²) < 4.78 is 5.87. The Bertz CT molecular complexity index is 921. The number of aryl methyl sites for hydroxylation is 1. The highest BCUT2D eigenvalue weighted by Crippen LogP contribution is 2.41. The highest BCUT2D eigenvalue weighted by molar-refractivity contribution is 6.32. The molecule has 1 N–H and O–H groups in total. The van der Waals surface area contributed by atoms with Gasteiger partial charge in [-0.05, 0) is 62.4 Å². The van der Waals surface area contributed by atoms with E-state index in [0.29, 0.717) is 11.0 Å². The molecule has 1 aliphatic rings. The number of rotatable bonds is 3. The van der Waals surface area contributed by atoms with Gasteiger partial charge in [0.1, 0.15) is 24.8 Å². The third-order valence-corrected chi connectivity index (χ3v) is 5.10. The number of Topliss-reactive ketones (excluding diaryl/α,β-unsaturated/α-hetero) is 1. The molecule has 0 saturated carbocycles. The maximum atomic E-state index is 13.1. The third-order valence-electron chi connectivity index (χ3n) is 5.10. The topological polar surface area (TPSA) is 46.5 Å². The van der Waals surface area contributed by atoms with E-state index < -0.39 is 11.2 Å². The number of benzene rings is 2. The Morgan fingerprint density at radius 3 is 2.15 bits per heavy atom. The molecule has 0 aliphatic carbocycles. The molecule has 2 aromatic carbocycles. The quantitative estimate of drug-likeness (QED) is 0.837. The molecule has 27 heavy (non-hydrogen) atoms. The number of aliphatic hydroxyl groups excluding tert-OH is 1. The zero-order valence-corrected chi connectivity index (χ0v) is 16.6. The number of carbonyl (C=O) groups is 1. The van der Waals surface area contributed by atoms with E-state index in [1.807, 2.05) is 49.4 Å². The Kier molecular flexibility index (Phi) is 4.81. The lowest BCUT2D eigenvalue weighted by molar-refractivity contribution is -0.158. The van der Waals surface area contributed by atoms with E-state index in [-0.39, 0.29) is 11.5 Å². The summed E-state index contributed by atoms with van der Waals surface area (Å²) in [5, 5.41) is 10.9. The Labute approximate surface area is 162 Å². The van der Waals surface area contributed by atoms with Gasteiger partial charge in [0.25, 0.3) is 0 Å². The number of hydrogen-bond donors (Lipinski definition) is 1. The van der Waals surface area contributed by atoms with Gasteiger partial charge in [-0.25, -0.2) is 0 Å². The monoisotopic (exact) mass is 360 g/mol. The number of hydrogen-bond acceptors (Lipinski definition) is 3. The molecule has 0 atom stereocenters. The zero-order valence-electron chi connectivity index (χ0n) is 16.6. The van der Waals surface area contributed by atoms with Crippen LogP contribution in [0.15, 0.2) is 48.2 Å². The van der Waals surface area contributed by atoms with E-state index in [9.17, 15) is 9.90 Å². The van der Waals surface area contributed by atoms with Crippen molar-refractivity contribution in [3.05, 3.63) is 59.4 Å². The molecule has 2 aromatic rings. The van der Waals surface area contributed by atoms with Gasteiger partial charge in [0, 0.05) is 0 Å². The van der Waals surface area contributed by atoms with E-state index in [1.54, 1.807) is 27.7 Å². The molecular weight excluding hydrogens is 335 g/mol. The Morgan fingerprint density at radius 1 is 0.963 bits per heavy atom. The first-order valence-electron chi connectivity index (χ1n) is 9.24. The van der Waals surface area contributed by atoms with Gasteiger partial charge >= 0.3 is 0 Å². The number of aliphatic hydroxyl groups is 1. The molecule has 4 heteroatoms. The molecular formula is C23H25BO3. The third kappa shape index (κ3) is 3.46. The second kappa shape index (κ2) is 6.68. The van der Waals surface area contributed by atoms with Gasteiger partial charge < -0.3 is 9.84 Å². The van der Waals surface area contributed by atoms with Gasteiger partial charge in [-0.3, -0.25) is 4.79 Å². The number of ether oxygens (including phenoxy) is 1. The van der Waals surface area contributed by atoms with Crippen molar-refractivity contribution in [1.82, 2.24) is 0 Å². The highest BCUT2D eigenvalue weighted by Gasteiger charge is 2.47. The Balaban J connectivity index is 2.24. The van der Waals surface area contributed by atoms with Gasteiger partial charge in [0.05, 0.1) is 5.57 Å². The molecule has 0 fully saturated rings. The lowest BCUT2D eigenvalue weighted by atomic mass is 9.80. The van der Waals surface area contributed by atoms with Crippen molar-refractivity contribution >= 4 is 24.7 Å². The van der Waals surface area contributed by atoms with Gasteiger partial charge in [0.15, 0.2) is 5.78 Å². The normalized spacial score (nSPS) is 18.6. The van der Waals surface area contributed by atoms with Crippen LogP contribution >= 0.6 is 0 Å². The zero-order chi connectivity index (χ0) is 20.0. The number of carbonyl (C=O) groups excluding carboxylic acids is 1. The molecule has 0 aromatic heterocycles. The molecule has 138 valence electrons. The summed E-state index contributed by atoms with van der Waals surface area (Å²) in [7, 11) is 5.79. The summed E-state index contributed by atoms with van der Waals surface area (Å²) in [6.07, 6.45) is 0.753. The molecule has 0 bridgehead atoms. The second-order valence-corrected chi connectivity index (χ2v) is 8.02. The first kappa shape index (κ1) is 19.4. The maximum absolute atomic E-state index is 13.1. The van der Waals surface area contributed by atoms with Crippen LogP contribution in [0.5, 0.6) is 0 Å². The molecule has 3 nitrogen and oxygen atoms in total. The van der Waals surface area contributed by atoms with Gasteiger partial charge in [-0.15, -0.1) is 0 Å². The SMILES string of the molecule is [B]c1ccc(-c2ccc(CC)c(C3=C(O)C(C)(C)OC(C)(C)C3=O)c2)cc1. The minimum absolute atomic E-state index is 0.0176. The largest absolute Gasteiger partial charge is 0.508 e. The van der Waals surface area contributed by atoms with Crippen LogP contribution in [0.2, 0.25) is 0 Å². The van der Waals surface area contributed by atoms with Crippen molar-refractivity contribution in [3.63, 3.8) is 0 Å². The fourth-order valence-corrected chi connectivity index (χ4v) is 3.66. The summed E-state index contributed by atoms with van der Waals surface area (Å²) in [6, 6.07) is 13.6. The van der Waals surface area contributed by atoms with Crippen LogP contribution in [0.4, 0.5) is 0 Å². The van der Waals surface area contributed by atoms with E-state index >= 15 is 0 Å². The van der Waals surface area contributed by atoms with Crippen LogP contribution in [0, 0.1) is 0 Å². The first-order chi connectivity index (χ1) is 12.6. The van der Waals surface area contributed by atoms with Crippen LogP contribution in [0.3, 0.4) is 0 Å². The predicted molar refractivity (Wildman–Crippen MR) is 110 cm³/mol.